The second kappa shape index (κ2) is 7.39. The van der Waals surface area contributed by atoms with Crippen molar-refractivity contribution in [1.29, 1.82) is 0 Å². The molecule has 1 N–H and O–H groups in total. The van der Waals surface area contributed by atoms with Gasteiger partial charge in [0.1, 0.15) is 16.7 Å². The average Bonchev–Trinajstić information content (AvgIpc) is 3.03. The number of thioether (sulfide) groups is 1. The van der Waals surface area contributed by atoms with Gasteiger partial charge in [-0.25, -0.2) is 13.5 Å². The van der Waals surface area contributed by atoms with Crippen LogP contribution in [0.2, 0.25) is 0 Å². The highest BCUT2D eigenvalue weighted by Crippen LogP contribution is 2.18. The molecule has 0 saturated heterocycles. The van der Waals surface area contributed by atoms with Crippen LogP contribution in [0.15, 0.2) is 47.6 Å². The van der Waals surface area contributed by atoms with E-state index >= 15 is 0 Å². The van der Waals surface area contributed by atoms with Gasteiger partial charge in [0.15, 0.2) is 5.82 Å². The van der Waals surface area contributed by atoms with Crippen LogP contribution >= 0.6 is 11.8 Å². The van der Waals surface area contributed by atoms with Crippen LogP contribution in [-0.4, -0.2) is 31.6 Å². The number of nitrogens with one attached hydrogen (secondary N) is 1. The summed E-state index contributed by atoms with van der Waals surface area (Å²) in [5.41, 5.74) is 0.729. The van der Waals surface area contributed by atoms with Gasteiger partial charge >= 0.3 is 0 Å². The van der Waals surface area contributed by atoms with Gasteiger partial charge in [0.05, 0.1) is 11.4 Å². The van der Waals surface area contributed by atoms with Crippen molar-refractivity contribution in [3.63, 3.8) is 0 Å². The molecule has 128 valence electrons. The zero-order valence-corrected chi connectivity index (χ0v) is 13.9. The van der Waals surface area contributed by atoms with Gasteiger partial charge in [-0.2, -0.15) is 5.10 Å². The van der Waals surface area contributed by atoms with Crippen LogP contribution in [0.1, 0.15) is 5.69 Å². The molecule has 3 aromatic rings. The minimum absolute atomic E-state index is 0.00915. The van der Waals surface area contributed by atoms with E-state index in [9.17, 15) is 13.6 Å². The van der Waals surface area contributed by atoms with E-state index in [1.165, 1.54) is 0 Å². The van der Waals surface area contributed by atoms with E-state index in [1.54, 1.807) is 23.0 Å². The number of nitrogens with zero attached hydrogens (tertiary/aromatic N) is 4. The first-order chi connectivity index (χ1) is 12.0. The molecule has 2 heterocycles. The number of anilines is 1. The predicted octanol–water partition coefficient (Wildman–Crippen LogP) is 2.98. The molecule has 25 heavy (non-hydrogen) atoms. The van der Waals surface area contributed by atoms with E-state index in [0.717, 1.165) is 35.7 Å². The number of amides is 1. The lowest BCUT2D eigenvalue weighted by Gasteiger charge is -2.06. The van der Waals surface area contributed by atoms with Crippen molar-refractivity contribution >= 4 is 23.4 Å². The Morgan fingerprint density at radius 2 is 2.04 bits per heavy atom. The molecule has 2 aromatic heterocycles. The van der Waals surface area contributed by atoms with Crippen LogP contribution in [-0.2, 0) is 4.79 Å². The molecule has 3 rings (SSSR count). The molecule has 0 spiro atoms. The number of aryl methyl sites for hydroxylation is 1. The van der Waals surface area contributed by atoms with Crippen molar-refractivity contribution < 1.29 is 13.6 Å². The molecule has 0 fully saturated rings. The number of aromatic nitrogens is 4. The summed E-state index contributed by atoms with van der Waals surface area (Å²) in [4.78, 5) is 11.9. The number of benzene rings is 1. The summed E-state index contributed by atoms with van der Waals surface area (Å²) < 4.78 is 28.2. The van der Waals surface area contributed by atoms with Gasteiger partial charge in [-0.05, 0) is 37.3 Å². The van der Waals surface area contributed by atoms with E-state index in [1.807, 2.05) is 13.0 Å². The fourth-order valence-electron chi connectivity index (χ4n) is 2.03. The third-order valence-corrected chi connectivity index (χ3v) is 4.15. The molecule has 0 aliphatic carbocycles. The van der Waals surface area contributed by atoms with Gasteiger partial charge < -0.3 is 5.32 Å². The van der Waals surface area contributed by atoms with Gasteiger partial charge in [0.25, 0.3) is 0 Å². The van der Waals surface area contributed by atoms with Crippen molar-refractivity contribution in [2.45, 2.75) is 11.9 Å². The van der Waals surface area contributed by atoms with Crippen LogP contribution in [0.25, 0.3) is 5.82 Å². The van der Waals surface area contributed by atoms with Crippen molar-refractivity contribution in [3.8, 4) is 5.82 Å². The summed E-state index contributed by atoms with van der Waals surface area (Å²) in [6, 6.07) is 8.17. The fourth-order valence-corrected chi connectivity index (χ4v) is 2.65. The lowest BCUT2D eigenvalue weighted by atomic mass is 10.3. The highest BCUT2D eigenvalue weighted by Gasteiger charge is 2.10. The van der Waals surface area contributed by atoms with Crippen molar-refractivity contribution in [2.75, 3.05) is 11.1 Å². The summed E-state index contributed by atoms with van der Waals surface area (Å²) >= 11 is 1.14. The number of carbonyl (C=O) groups excluding carboxylic acids is 1. The van der Waals surface area contributed by atoms with E-state index in [-0.39, 0.29) is 11.4 Å². The lowest BCUT2D eigenvalue weighted by Crippen LogP contribution is -2.15. The molecule has 0 unspecified atom stereocenters. The Kier molecular flexibility index (Phi) is 5.03. The molecule has 9 heteroatoms. The van der Waals surface area contributed by atoms with E-state index in [0.29, 0.717) is 10.8 Å². The Balaban J connectivity index is 1.59. The maximum Gasteiger partial charge on any atom is 0.234 e. The molecule has 0 bridgehead atoms. The van der Waals surface area contributed by atoms with Gasteiger partial charge in [-0.15, -0.1) is 10.2 Å². The second-order valence-electron chi connectivity index (χ2n) is 5.08. The molecule has 6 nitrogen and oxygen atoms in total. The Labute approximate surface area is 146 Å². The Bertz CT molecular complexity index is 898. The molecule has 1 amide bonds. The Morgan fingerprint density at radius 1 is 1.20 bits per heavy atom. The van der Waals surface area contributed by atoms with Gasteiger partial charge in [-0.3, -0.25) is 4.79 Å². The summed E-state index contributed by atoms with van der Waals surface area (Å²) in [7, 11) is 0. The smallest absolute Gasteiger partial charge is 0.234 e. The van der Waals surface area contributed by atoms with Crippen molar-refractivity contribution in [2.24, 2.45) is 0 Å². The van der Waals surface area contributed by atoms with Crippen LogP contribution < -0.4 is 5.32 Å². The first-order valence-electron chi connectivity index (χ1n) is 7.25. The van der Waals surface area contributed by atoms with Gasteiger partial charge in [-0.1, -0.05) is 11.8 Å². The van der Waals surface area contributed by atoms with Crippen LogP contribution in [0.4, 0.5) is 14.5 Å². The second-order valence-corrected chi connectivity index (χ2v) is 6.07. The van der Waals surface area contributed by atoms with E-state index < -0.39 is 17.5 Å². The molecule has 0 aliphatic heterocycles. The monoisotopic (exact) mass is 361 g/mol. The molecular weight excluding hydrogens is 348 g/mol. The number of carbonyl (C=O) groups is 1. The zero-order valence-electron chi connectivity index (χ0n) is 13.1. The highest BCUT2D eigenvalue weighted by molar-refractivity contribution is 7.99. The van der Waals surface area contributed by atoms with Gasteiger partial charge in [0, 0.05) is 18.0 Å². The predicted molar refractivity (Wildman–Crippen MR) is 89.6 cm³/mol. The lowest BCUT2D eigenvalue weighted by molar-refractivity contribution is -0.113. The normalized spacial score (nSPS) is 10.7. The number of rotatable bonds is 5. The first-order valence-corrected chi connectivity index (χ1v) is 8.24. The molecule has 0 atom stereocenters. The molecule has 1 aromatic carbocycles. The molecule has 0 aliphatic rings. The summed E-state index contributed by atoms with van der Waals surface area (Å²) in [6.07, 6.45) is 1.66. The minimum atomic E-state index is -0.696. The standard InChI is InChI=1S/C16H13F2N5OS/c1-10-6-7-19-23(10)14-4-5-16(22-21-14)25-9-15(24)20-13-8-11(17)2-3-12(13)18/h2-8H,9H2,1H3,(H,20,24). The van der Waals surface area contributed by atoms with Gasteiger partial charge in [0.2, 0.25) is 5.91 Å². The van der Waals surface area contributed by atoms with E-state index in [4.69, 9.17) is 0 Å². The van der Waals surface area contributed by atoms with Crippen LogP contribution in [0.3, 0.4) is 0 Å². The minimum Gasteiger partial charge on any atom is -0.323 e. The molecule has 0 radical (unpaired) electrons. The number of hydrogen-bond acceptors (Lipinski definition) is 5. The summed E-state index contributed by atoms with van der Waals surface area (Å²) in [5, 5.41) is 15.1. The zero-order chi connectivity index (χ0) is 17.8. The summed E-state index contributed by atoms with van der Waals surface area (Å²) in [5.74, 6) is -1.23. The van der Waals surface area contributed by atoms with E-state index in [2.05, 4.69) is 20.6 Å². The molecular formula is C16H13F2N5OS. The third-order valence-electron chi connectivity index (χ3n) is 3.23. The van der Waals surface area contributed by atoms with Crippen LogP contribution in [0, 0.1) is 18.6 Å². The van der Waals surface area contributed by atoms with Crippen molar-refractivity contribution in [1.82, 2.24) is 20.0 Å². The SMILES string of the molecule is Cc1ccnn1-c1ccc(SCC(=O)Nc2cc(F)ccc2F)nn1. The van der Waals surface area contributed by atoms with Crippen molar-refractivity contribution in [3.05, 3.63) is 59.9 Å². The first kappa shape index (κ1) is 17.0. The average molecular weight is 361 g/mol. The quantitative estimate of drug-likeness (QED) is 0.708. The maximum absolute atomic E-state index is 13.5. The maximum atomic E-state index is 13.5. The fraction of sp³-hybridized carbons (Fsp3) is 0.125. The highest BCUT2D eigenvalue weighted by atomic mass is 32.2. The third kappa shape index (κ3) is 4.18. The van der Waals surface area contributed by atoms with Crippen LogP contribution in [0.5, 0.6) is 0 Å². The number of hydrogen-bond donors (Lipinski definition) is 1. The number of halogens is 2. The molecule has 0 saturated carbocycles. The topological polar surface area (TPSA) is 72.7 Å². The summed E-state index contributed by atoms with van der Waals surface area (Å²) in [6.45, 7) is 1.90. The Morgan fingerprint density at radius 3 is 2.72 bits per heavy atom. The Hall–Kier alpha value is -2.81. The largest absolute Gasteiger partial charge is 0.323 e.